The molecular weight excluding hydrogens is 471 g/mol. The molecule has 2 amide bonds. The second-order valence-corrected chi connectivity index (χ2v) is 9.43. The van der Waals surface area contributed by atoms with E-state index in [9.17, 15) is 17.6 Å². The van der Waals surface area contributed by atoms with E-state index in [1.54, 1.807) is 35.2 Å². The molecule has 0 fully saturated rings. The van der Waals surface area contributed by atoms with Crippen molar-refractivity contribution in [3.63, 3.8) is 0 Å². The summed E-state index contributed by atoms with van der Waals surface area (Å²) < 4.78 is 49.1. The van der Waals surface area contributed by atoms with Gasteiger partial charge in [-0.1, -0.05) is 31.2 Å². The van der Waals surface area contributed by atoms with Crippen LogP contribution in [0.1, 0.15) is 32.8 Å². The van der Waals surface area contributed by atoms with Gasteiger partial charge in [0.25, 0.3) is 0 Å². The largest absolute Gasteiger partial charge is 0.492 e. The molecule has 0 saturated heterocycles. The van der Waals surface area contributed by atoms with Gasteiger partial charge in [-0.25, -0.2) is 9.18 Å². The zero-order valence-electron chi connectivity index (χ0n) is 19.9. The molecule has 0 aliphatic heterocycles. The molecule has 1 N–H and O–H groups in total. The van der Waals surface area contributed by atoms with Crippen LogP contribution >= 0.6 is 0 Å². The number of carbonyl (C=O) groups is 1. The minimum atomic E-state index is -4.14. The van der Waals surface area contributed by atoms with E-state index in [-0.39, 0.29) is 29.3 Å². The lowest BCUT2D eigenvalue weighted by Crippen LogP contribution is -2.40. The monoisotopic (exact) mass is 500 g/mol. The third-order valence-corrected chi connectivity index (χ3v) is 6.63. The van der Waals surface area contributed by atoms with E-state index >= 15 is 0 Å². The standard InChI is InChI=1S/C26H29FN2O5S/c1-4-19(3)29(26(30)28-24-11-6-7-12-25(24)33-5-2)18-20-9-8-10-22(17-20)34-35(31,32)23-15-13-21(27)14-16-23/h6-17,19H,4-5,18H2,1-3H3,(H,28,30). The normalized spacial score (nSPS) is 12.0. The lowest BCUT2D eigenvalue weighted by Gasteiger charge is -2.29. The minimum absolute atomic E-state index is 0.0954. The fourth-order valence-electron chi connectivity index (χ4n) is 3.35. The SMILES string of the molecule is CCOc1ccccc1NC(=O)N(Cc1cccc(OS(=O)(=O)c2ccc(F)cc2)c1)C(C)CC. The van der Waals surface area contributed by atoms with Crippen molar-refractivity contribution in [1.82, 2.24) is 4.90 Å². The summed E-state index contributed by atoms with van der Waals surface area (Å²) in [7, 11) is -4.14. The van der Waals surface area contributed by atoms with Gasteiger partial charge >= 0.3 is 16.1 Å². The first-order valence-electron chi connectivity index (χ1n) is 11.3. The predicted molar refractivity (Wildman–Crippen MR) is 133 cm³/mol. The van der Waals surface area contributed by atoms with Crippen molar-refractivity contribution >= 4 is 21.8 Å². The van der Waals surface area contributed by atoms with Crippen molar-refractivity contribution in [3.05, 3.63) is 84.2 Å². The number of nitrogens with one attached hydrogen (secondary N) is 1. The highest BCUT2D eigenvalue weighted by Crippen LogP contribution is 2.26. The van der Waals surface area contributed by atoms with Crippen molar-refractivity contribution in [3.8, 4) is 11.5 Å². The number of urea groups is 1. The first-order valence-corrected chi connectivity index (χ1v) is 12.7. The first kappa shape index (κ1) is 26.0. The summed E-state index contributed by atoms with van der Waals surface area (Å²) in [5.74, 6) is 0.130. The van der Waals surface area contributed by atoms with Crippen LogP contribution in [0.15, 0.2) is 77.7 Å². The Labute approximate surface area is 205 Å². The van der Waals surface area contributed by atoms with E-state index in [1.165, 1.54) is 6.07 Å². The van der Waals surface area contributed by atoms with Crippen molar-refractivity contribution in [2.45, 2.75) is 44.7 Å². The Bertz CT molecular complexity index is 1250. The minimum Gasteiger partial charge on any atom is -0.492 e. The van der Waals surface area contributed by atoms with E-state index in [2.05, 4.69) is 5.32 Å². The van der Waals surface area contributed by atoms with Crippen LogP contribution in [0, 0.1) is 5.82 Å². The number of benzene rings is 3. The van der Waals surface area contributed by atoms with E-state index < -0.39 is 15.9 Å². The molecule has 186 valence electrons. The van der Waals surface area contributed by atoms with Gasteiger partial charge in [0.15, 0.2) is 0 Å². The Morgan fingerprint density at radius 3 is 2.43 bits per heavy atom. The first-order chi connectivity index (χ1) is 16.7. The Morgan fingerprint density at radius 1 is 1.03 bits per heavy atom. The molecule has 3 aromatic carbocycles. The number of hydrogen-bond acceptors (Lipinski definition) is 5. The highest BCUT2D eigenvalue weighted by molar-refractivity contribution is 7.87. The smallest absolute Gasteiger partial charge is 0.339 e. The average molecular weight is 501 g/mol. The summed E-state index contributed by atoms with van der Waals surface area (Å²) in [4.78, 5) is 14.7. The van der Waals surface area contributed by atoms with E-state index in [0.29, 0.717) is 23.6 Å². The van der Waals surface area contributed by atoms with Crippen molar-refractivity contribution < 1.29 is 26.5 Å². The Hall–Kier alpha value is -3.59. The van der Waals surface area contributed by atoms with Gasteiger partial charge < -0.3 is 19.1 Å². The van der Waals surface area contributed by atoms with Crippen LogP contribution in [0.4, 0.5) is 14.9 Å². The van der Waals surface area contributed by atoms with Gasteiger partial charge in [0.2, 0.25) is 0 Å². The molecule has 9 heteroatoms. The van der Waals surface area contributed by atoms with Crippen molar-refractivity contribution in [2.75, 3.05) is 11.9 Å². The maximum atomic E-state index is 13.2. The fourth-order valence-corrected chi connectivity index (χ4v) is 4.28. The number of halogens is 1. The van der Waals surface area contributed by atoms with Crippen LogP contribution in [0.25, 0.3) is 0 Å². The molecule has 7 nitrogen and oxygen atoms in total. The molecule has 0 aliphatic carbocycles. The zero-order valence-corrected chi connectivity index (χ0v) is 20.7. The number of carbonyl (C=O) groups excluding carboxylic acids is 1. The van der Waals surface area contributed by atoms with Crippen LogP contribution in [0.3, 0.4) is 0 Å². The fraction of sp³-hybridized carbons (Fsp3) is 0.269. The van der Waals surface area contributed by atoms with Gasteiger partial charge in [-0.15, -0.1) is 0 Å². The number of anilines is 1. The topological polar surface area (TPSA) is 84.9 Å². The van der Waals surface area contributed by atoms with Gasteiger partial charge in [0.05, 0.1) is 12.3 Å². The molecule has 0 spiro atoms. The van der Waals surface area contributed by atoms with E-state index in [1.807, 2.05) is 32.9 Å². The molecule has 0 heterocycles. The number of rotatable bonds is 10. The molecule has 3 rings (SSSR count). The van der Waals surface area contributed by atoms with E-state index in [4.69, 9.17) is 8.92 Å². The second kappa shape index (κ2) is 11.7. The number of para-hydroxylation sites is 2. The summed E-state index contributed by atoms with van der Waals surface area (Å²) in [6, 6.07) is 17.7. The van der Waals surface area contributed by atoms with Gasteiger partial charge in [-0.05, 0) is 74.4 Å². The Balaban J connectivity index is 1.79. The van der Waals surface area contributed by atoms with Gasteiger partial charge in [0.1, 0.15) is 22.2 Å². The van der Waals surface area contributed by atoms with Gasteiger partial charge in [-0.2, -0.15) is 8.42 Å². The summed E-state index contributed by atoms with van der Waals surface area (Å²) in [5.41, 5.74) is 1.25. The van der Waals surface area contributed by atoms with Crippen molar-refractivity contribution in [1.29, 1.82) is 0 Å². The summed E-state index contributed by atoms with van der Waals surface area (Å²) in [6.45, 7) is 6.48. The number of ether oxygens (including phenoxy) is 1. The average Bonchev–Trinajstić information content (AvgIpc) is 2.83. The maximum absolute atomic E-state index is 13.2. The molecule has 0 aromatic heterocycles. The molecule has 0 radical (unpaired) electrons. The Kier molecular flexibility index (Phi) is 8.70. The molecule has 0 aliphatic rings. The lowest BCUT2D eigenvalue weighted by molar-refractivity contribution is 0.187. The maximum Gasteiger partial charge on any atom is 0.339 e. The third-order valence-electron chi connectivity index (χ3n) is 5.37. The number of amides is 2. The third kappa shape index (κ3) is 6.95. The Morgan fingerprint density at radius 2 is 1.74 bits per heavy atom. The second-order valence-electron chi connectivity index (χ2n) is 7.88. The van der Waals surface area contributed by atoms with Gasteiger partial charge in [0, 0.05) is 12.6 Å². The van der Waals surface area contributed by atoms with E-state index in [0.717, 1.165) is 30.7 Å². The molecule has 1 atom stereocenters. The molecule has 35 heavy (non-hydrogen) atoms. The number of nitrogens with zero attached hydrogens (tertiary/aromatic N) is 1. The van der Waals surface area contributed by atoms with Crippen LogP contribution < -0.4 is 14.2 Å². The highest BCUT2D eigenvalue weighted by Gasteiger charge is 2.22. The number of hydrogen-bond donors (Lipinski definition) is 1. The molecule has 0 saturated carbocycles. The molecule has 0 bridgehead atoms. The summed E-state index contributed by atoms with van der Waals surface area (Å²) >= 11 is 0. The quantitative estimate of drug-likeness (QED) is 0.354. The van der Waals surface area contributed by atoms with Gasteiger partial charge in [-0.3, -0.25) is 0 Å². The highest BCUT2D eigenvalue weighted by atomic mass is 32.2. The summed E-state index contributed by atoms with van der Waals surface area (Å²) in [5, 5.41) is 2.91. The van der Waals surface area contributed by atoms with Crippen LogP contribution in [0.5, 0.6) is 11.5 Å². The predicted octanol–water partition coefficient (Wildman–Crippen LogP) is 5.82. The zero-order chi connectivity index (χ0) is 25.4. The van der Waals surface area contributed by atoms with Crippen LogP contribution in [-0.2, 0) is 16.7 Å². The molecular formula is C26H29FN2O5S. The summed E-state index contributed by atoms with van der Waals surface area (Å²) in [6.07, 6.45) is 0.718. The molecule has 3 aromatic rings. The van der Waals surface area contributed by atoms with Crippen molar-refractivity contribution in [2.24, 2.45) is 0 Å². The lowest BCUT2D eigenvalue weighted by atomic mass is 10.1. The van der Waals surface area contributed by atoms with Crippen LogP contribution in [0.2, 0.25) is 0 Å². The van der Waals surface area contributed by atoms with Crippen LogP contribution in [-0.4, -0.2) is 32.0 Å². The molecule has 1 unspecified atom stereocenters.